The van der Waals surface area contributed by atoms with Gasteiger partial charge in [0.2, 0.25) is 12.7 Å². The highest BCUT2D eigenvalue weighted by atomic mass is 32.2. The molecule has 1 fully saturated rings. The molecule has 1 aromatic heterocycles. The zero-order valence-electron chi connectivity index (χ0n) is 31.0. The van der Waals surface area contributed by atoms with Crippen molar-refractivity contribution >= 4 is 43.7 Å². The number of benzene rings is 2. The van der Waals surface area contributed by atoms with Gasteiger partial charge in [0.25, 0.3) is 0 Å². The molecular weight excluding hydrogens is 814 g/mol. The number of nitrogens with zero attached hydrogens (tertiary/aromatic N) is 5. The summed E-state index contributed by atoms with van der Waals surface area (Å²) in [6.45, 7) is -0.0213. The second-order valence-corrected chi connectivity index (χ2v) is 15.3. The molecule has 1 amide bonds. The van der Waals surface area contributed by atoms with Crippen molar-refractivity contribution in [2.75, 3.05) is 40.2 Å². The first-order valence-electron chi connectivity index (χ1n) is 17.2. The first-order valence-corrected chi connectivity index (χ1v) is 19.7. The van der Waals surface area contributed by atoms with Crippen LogP contribution in [0.5, 0.6) is 0 Å². The summed E-state index contributed by atoms with van der Waals surface area (Å²) in [6, 6.07) is 8.69. The quantitative estimate of drug-likeness (QED) is 0.0728. The van der Waals surface area contributed by atoms with Crippen LogP contribution in [0.15, 0.2) is 67.3 Å². The molecule has 2 aromatic carbocycles. The number of thioether (sulfide) groups is 1. The number of carbonyl (C=O) groups is 3. The van der Waals surface area contributed by atoms with Crippen LogP contribution in [-0.2, 0) is 54.5 Å². The first kappa shape index (κ1) is 45.6. The number of carbonyl (C=O) groups excluding carboxylic acids is 3. The van der Waals surface area contributed by atoms with Gasteiger partial charge in [-0.2, -0.15) is 10.4 Å². The molecule has 0 saturated carbocycles. The van der Waals surface area contributed by atoms with E-state index in [1.807, 2.05) is 6.07 Å². The van der Waals surface area contributed by atoms with Crippen LogP contribution in [0.25, 0.3) is 6.08 Å². The van der Waals surface area contributed by atoms with E-state index in [4.69, 9.17) is 38.7 Å². The molecule has 0 spiro atoms. The number of phosphoric acid groups is 1. The SMILES string of the molecule is C[C@@H](SC1COC(/C=C/C=C/c2ccc(C#N)cc2F)OC1)[C@@](Cn1cncn1)(OC(=O)OCOC(=O)CCC(=O)N(C)CCOP(=O)(O)O)c1ccc(F)cc1F. The van der Waals surface area contributed by atoms with Crippen LogP contribution < -0.4 is 0 Å². The summed E-state index contributed by atoms with van der Waals surface area (Å²) in [4.78, 5) is 60.3. The Hall–Kier alpha value is -5.07. The first-order chi connectivity index (χ1) is 27.6. The van der Waals surface area contributed by atoms with Crippen molar-refractivity contribution < 1.29 is 70.1 Å². The maximum atomic E-state index is 15.6. The topological polar surface area (TPSA) is 222 Å². The van der Waals surface area contributed by atoms with Gasteiger partial charge in [0.15, 0.2) is 11.9 Å². The second-order valence-electron chi connectivity index (χ2n) is 12.4. The monoisotopic (exact) mass is 853 g/mol. The number of hydrogen-bond donors (Lipinski definition) is 2. The van der Waals surface area contributed by atoms with E-state index in [-0.39, 0.29) is 49.4 Å². The Morgan fingerprint density at radius 2 is 1.88 bits per heavy atom. The third-order valence-electron chi connectivity index (χ3n) is 8.30. The van der Waals surface area contributed by atoms with E-state index in [2.05, 4.69) is 14.6 Å². The molecule has 2 heterocycles. The summed E-state index contributed by atoms with van der Waals surface area (Å²) in [6.07, 6.45) is 5.83. The van der Waals surface area contributed by atoms with Crippen molar-refractivity contribution in [3.8, 4) is 6.07 Å². The average molecular weight is 854 g/mol. The minimum absolute atomic E-state index is 0.128. The lowest BCUT2D eigenvalue weighted by Crippen LogP contribution is -2.47. The molecule has 1 saturated heterocycles. The lowest BCUT2D eigenvalue weighted by molar-refractivity contribution is -0.156. The van der Waals surface area contributed by atoms with Gasteiger partial charge in [0.05, 0.1) is 49.7 Å². The average Bonchev–Trinajstić information content (AvgIpc) is 3.68. The molecule has 0 bridgehead atoms. The molecule has 0 aliphatic carbocycles. The van der Waals surface area contributed by atoms with Crippen LogP contribution in [-0.4, -0.2) is 104 Å². The van der Waals surface area contributed by atoms with Crippen LogP contribution in [0.3, 0.4) is 0 Å². The van der Waals surface area contributed by atoms with Gasteiger partial charge in [0.1, 0.15) is 30.1 Å². The van der Waals surface area contributed by atoms with Crippen LogP contribution in [0, 0.1) is 28.8 Å². The number of nitriles is 1. The largest absolute Gasteiger partial charge is 0.512 e. The summed E-state index contributed by atoms with van der Waals surface area (Å²) in [5.74, 6) is -4.00. The Balaban J connectivity index is 1.39. The van der Waals surface area contributed by atoms with Crippen molar-refractivity contribution in [1.29, 1.82) is 5.26 Å². The molecule has 3 aromatic rings. The predicted molar refractivity (Wildman–Crippen MR) is 197 cm³/mol. The molecule has 0 radical (unpaired) electrons. The maximum Gasteiger partial charge on any atom is 0.512 e. The molecule has 4 rings (SSSR count). The van der Waals surface area contributed by atoms with Gasteiger partial charge >= 0.3 is 19.9 Å². The number of amides is 1. The highest BCUT2D eigenvalue weighted by Gasteiger charge is 2.47. The number of phosphoric ester groups is 1. The van der Waals surface area contributed by atoms with Crippen LogP contribution in [0.4, 0.5) is 18.0 Å². The van der Waals surface area contributed by atoms with Crippen LogP contribution in [0.2, 0.25) is 0 Å². The van der Waals surface area contributed by atoms with E-state index in [1.54, 1.807) is 25.2 Å². The molecule has 1 aliphatic heterocycles. The standard InChI is InChI=1S/C36H39F3N5O12PS/c1-24(58-28-18-51-34(52-19-28)6-4-3-5-26-8-7-25(17-40)15-30(26)38)36(20-44-22-41-21-42-44,29-10-9-27(37)16-31(29)39)56-35(47)54-23-53-33(46)12-11-32(45)43(2)13-14-55-57(48,49)50/h3-10,15-16,21-22,24,28,34H,11-14,18-20,23H2,1-2H3,(H2,48,49,50)/b5-3+,6-4+/t24-,28?,34?,36-/m1/s1. The van der Waals surface area contributed by atoms with E-state index in [1.165, 1.54) is 54.4 Å². The van der Waals surface area contributed by atoms with Crippen molar-refractivity contribution in [3.63, 3.8) is 0 Å². The van der Waals surface area contributed by atoms with Crippen LogP contribution >= 0.6 is 19.6 Å². The van der Waals surface area contributed by atoms with Gasteiger partial charge in [-0.3, -0.25) is 14.1 Å². The summed E-state index contributed by atoms with van der Waals surface area (Å²) < 4.78 is 87.8. The molecule has 2 N–H and O–H groups in total. The summed E-state index contributed by atoms with van der Waals surface area (Å²) in [7, 11) is -3.38. The van der Waals surface area contributed by atoms with Gasteiger partial charge in [-0.1, -0.05) is 24.3 Å². The molecule has 2 atom stereocenters. The fourth-order valence-corrected chi connectivity index (χ4v) is 7.02. The zero-order valence-corrected chi connectivity index (χ0v) is 32.7. The van der Waals surface area contributed by atoms with Crippen LogP contribution in [0.1, 0.15) is 36.5 Å². The lowest BCUT2D eigenvalue weighted by Gasteiger charge is -2.40. The van der Waals surface area contributed by atoms with E-state index in [0.29, 0.717) is 6.07 Å². The predicted octanol–water partition coefficient (Wildman–Crippen LogP) is 4.60. The molecule has 17 nitrogen and oxygen atoms in total. The number of rotatable bonds is 19. The van der Waals surface area contributed by atoms with Gasteiger partial charge in [-0.15, -0.1) is 11.8 Å². The van der Waals surface area contributed by atoms with Crippen molar-refractivity contribution in [2.45, 2.75) is 48.7 Å². The molecule has 312 valence electrons. The summed E-state index contributed by atoms with van der Waals surface area (Å²) in [5, 5.41) is 11.7. The van der Waals surface area contributed by atoms with Gasteiger partial charge in [0, 0.05) is 42.5 Å². The Morgan fingerprint density at radius 1 is 1.12 bits per heavy atom. The number of esters is 1. The van der Waals surface area contributed by atoms with Crippen molar-refractivity contribution in [3.05, 3.63) is 101 Å². The fourth-order valence-electron chi connectivity index (χ4n) is 5.34. The fraction of sp³-hybridized carbons (Fsp3) is 0.389. The second kappa shape index (κ2) is 21.6. The van der Waals surface area contributed by atoms with E-state index < -0.39 is 85.5 Å². The van der Waals surface area contributed by atoms with E-state index >= 15 is 4.39 Å². The van der Waals surface area contributed by atoms with Crippen molar-refractivity contribution in [1.82, 2.24) is 19.7 Å². The Bertz CT molecular complexity index is 2020. The smallest absolute Gasteiger partial charge is 0.428 e. The maximum absolute atomic E-state index is 15.6. The number of likely N-dealkylation sites (N-methyl/N-ethyl adjacent to an activating group) is 1. The normalized spacial score (nSPS) is 17.3. The van der Waals surface area contributed by atoms with Gasteiger partial charge in [-0.25, -0.2) is 32.2 Å². The molecular formula is C36H39F3N5O12PS. The third-order valence-corrected chi connectivity index (χ3v) is 10.3. The summed E-state index contributed by atoms with van der Waals surface area (Å²) >= 11 is 1.20. The van der Waals surface area contributed by atoms with E-state index in [0.717, 1.165) is 23.1 Å². The Labute approximate surface area is 334 Å². The third kappa shape index (κ3) is 14.1. The number of allylic oxidation sites excluding steroid dienone is 2. The Morgan fingerprint density at radius 3 is 2.53 bits per heavy atom. The lowest BCUT2D eigenvalue weighted by atomic mass is 9.89. The highest BCUT2D eigenvalue weighted by Crippen LogP contribution is 2.42. The number of halogens is 3. The highest BCUT2D eigenvalue weighted by molar-refractivity contribution is 8.00. The van der Waals surface area contributed by atoms with E-state index in [9.17, 15) is 27.7 Å². The minimum atomic E-state index is -4.72. The zero-order chi connectivity index (χ0) is 42.3. The molecule has 1 aliphatic rings. The van der Waals surface area contributed by atoms with Gasteiger partial charge in [-0.05, 0) is 37.3 Å². The molecule has 22 heteroatoms. The molecule has 0 unspecified atom stereocenters. The number of hydrogen-bond acceptors (Lipinski definition) is 14. The minimum Gasteiger partial charge on any atom is -0.428 e. The number of aromatic nitrogens is 3. The Kier molecular flexibility index (Phi) is 17.0. The summed E-state index contributed by atoms with van der Waals surface area (Å²) in [5.41, 5.74) is -1.72. The van der Waals surface area contributed by atoms with Crippen molar-refractivity contribution in [2.24, 2.45) is 0 Å². The molecule has 58 heavy (non-hydrogen) atoms. The van der Waals surface area contributed by atoms with Gasteiger partial charge < -0.3 is 38.4 Å². The number of ether oxygens (including phenoxy) is 5.